The summed E-state index contributed by atoms with van der Waals surface area (Å²) in [6, 6.07) is 0. The maximum atomic E-state index is 13.0. The molecule has 0 aliphatic carbocycles. The minimum absolute atomic E-state index is 0.0255. The van der Waals surface area contributed by atoms with Gasteiger partial charge in [-0.1, -0.05) is 6.92 Å². The van der Waals surface area contributed by atoms with Gasteiger partial charge in [-0.3, -0.25) is 14.7 Å². The molecule has 1 amide bonds. The number of hydrogen-bond acceptors (Lipinski definition) is 3. The average molecular weight is 342 g/mol. The van der Waals surface area contributed by atoms with E-state index < -0.39 is 0 Å². The number of rotatable bonds is 4. The van der Waals surface area contributed by atoms with Gasteiger partial charge >= 0.3 is 0 Å². The summed E-state index contributed by atoms with van der Waals surface area (Å²) in [5.74, 6) is 0.421. The van der Waals surface area contributed by atoms with Gasteiger partial charge in [0.25, 0.3) is 5.91 Å². The highest BCUT2D eigenvalue weighted by Crippen LogP contribution is 2.30. The third-order valence-electron chi connectivity index (χ3n) is 5.33. The molecule has 3 heterocycles. The van der Waals surface area contributed by atoms with E-state index in [9.17, 15) is 9.59 Å². The molecule has 134 valence electrons. The van der Waals surface area contributed by atoms with Crippen LogP contribution < -0.4 is 0 Å². The minimum atomic E-state index is -0.0373. The van der Waals surface area contributed by atoms with Gasteiger partial charge in [-0.15, -0.1) is 0 Å². The molecular weight excluding hydrogens is 316 g/mol. The second kappa shape index (κ2) is 6.86. The second-order valence-corrected chi connectivity index (χ2v) is 6.91. The zero-order valence-corrected chi connectivity index (χ0v) is 15.4. The average Bonchev–Trinajstić information content (AvgIpc) is 3.18. The van der Waals surface area contributed by atoms with Crippen molar-refractivity contribution in [2.75, 3.05) is 13.1 Å². The molecule has 0 spiro atoms. The first-order valence-corrected chi connectivity index (χ1v) is 8.95. The Kier molecular flexibility index (Phi) is 4.79. The molecule has 2 N–H and O–H groups in total. The predicted octanol–water partition coefficient (Wildman–Crippen LogP) is 3.14. The highest BCUT2D eigenvalue weighted by molar-refractivity contribution is 6.02. The molecule has 0 aromatic carbocycles. The minimum Gasteiger partial charge on any atom is -0.355 e. The molecular formula is C19H26N4O2. The molecule has 0 saturated carbocycles. The Morgan fingerprint density at radius 2 is 1.96 bits per heavy atom. The number of nitrogens with one attached hydrogen (secondary N) is 2. The number of H-pyrrole nitrogens is 2. The van der Waals surface area contributed by atoms with Gasteiger partial charge < -0.3 is 9.88 Å². The van der Waals surface area contributed by atoms with Gasteiger partial charge in [-0.05, 0) is 44.2 Å². The van der Waals surface area contributed by atoms with Crippen molar-refractivity contribution >= 4 is 11.7 Å². The van der Waals surface area contributed by atoms with E-state index in [1.54, 1.807) is 0 Å². The fourth-order valence-corrected chi connectivity index (χ4v) is 3.91. The Morgan fingerprint density at radius 1 is 1.28 bits per heavy atom. The number of hydrogen-bond donors (Lipinski definition) is 2. The number of likely N-dealkylation sites (tertiary alicyclic amines) is 1. The van der Waals surface area contributed by atoms with Gasteiger partial charge in [0.2, 0.25) is 0 Å². The van der Waals surface area contributed by atoms with Crippen LogP contribution in [0.5, 0.6) is 0 Å². The van der Waals surface area contributed by atoms with Gasteiger partial charge in [-0.2, -0.15) is 5.10 Å². The summed E-state index contributed by atoms with van der Waals surface area (Å²) >= 11 is 0. The van der Waals surface area contributed by atoms with Crippen molar-refractivity contribution in [2.45, 2.75) is 52.9 Å². The monoisotopic (exact) mass is 342 g/mol. The van der Waals surface area contributed by atoms with Crippen LogP contribution in [0.4, 0.5) is 0 Å². The van der Waals surface area contributed by atoms with Crippen molar-refractivity contribution in [2.24, 2.45) is 0 Å². The van der Waals surface area contributed by atoms with E-state index in [1.165, 1.54) is 18.2 Å². The number of aryl methyl sites for hydroxylation is 2. The number of piperidine rings is 1. The summed E-state index contributed by atoms with van der Waals surface area (Å²) in [5.41, 5.74) is 5.23. The Morgan fingerprint density at radius 3 is 2.52 bits per heavy atom. The van der Waals surface area contributed by atoms with Crippen LogP contribution in [-0.2, 0) is 6.42 Å². The zero-order valence-electron chi connectivity index (χ0n) is 15.4. The molecule has 0 unspecified atom stereocenters. The maximum Gasteiger partial charge on any atom is 0.255 e. The molecule has 25 heavy (non-hydrogen) atoms. The Hall–Kier alpha value is -2.37. The van der Waals surface area contributed by atoms with Crippen LogP contribution >= 0.6 is 0 Å². The Balaban J connectivity index is 1.73. The van der Waals surface area contributed by atoms with Crippen molar-refractivity contribution in [1.82, 2.24) is 20.1 Å². The second-order valence-electron chi connectivity index (χ2n) is 6.91. The number of carbonyl (C=O) groups excluding carboxylic acids is 2. The molecule has 2 aromatic heterocycles. The Bertz CT molecular complexity index is 794. The van der Waals surface area contributed by atoms with Gasteiger partial charge in [0.1, 0.15) is 0 Å². The number of nitrogens with zero attached hydrogens (tertiary/aromatic N) is 2. The van der Waals surface area contributed by atoms with Crippen LogP contribution in [0, 0.1) is 13.8 Å². The highest BCUT2D eigenvalue weighted by atomic mass is 16.2. The molecule has 3 rings (SSSR count). The third kappa shape index (κ3) is 3.13. The van der Waals surface area contributed by atoms with Crippen LogP contribution in [0.25, 0.3) is 0 Å². The zero-order chi connectivity index (χ0) is 18.1. The van der Waals surface area contributed by atoms with Crippen LogP contribution in [-0.4, -0.2) is 44.9 Å². The number of Topliss-reactive ketones (excluding diaryl/α,β-unsaturated/α-hetero) is 1. The molecule has 1 saturated heterocycles. The van der Waals surface area contributed by atoms with Crippen LogP contribution in [0.15, 0.2) is 6.20 Å². The standard InChI is InChI=1S/C19H26N4O2/c1-5-14-10-20-22-18(14)15-6-8-23(9-7-15)19(25)16-11(2)17(13(4)24)21-12(16)3/h10,15,21H,5-9H2,1-4H3,(H,20,22). The van der Waals surface area contributed by atoms with E-state index in [0.29, 0.717) is 17.2 Å². The van der Waals surface area contributed by atoms with Gasteiger partial charge in [0.15, 0.2) is 5.78 Å². The normalized spacial score (nSPS) is 15.6. The molecule has 0 bridgehead atoms. The fourth-order valence-electron chi connectivity index (χ4n) is 3.91. The highest BCUT2D eigenvalue weighted by Gasteiger charge is 2.29. The SMILES string of the molecule is CCc1cn[nH]c1C1CCN(C(=O)c2c(C)[nH]c(C(C)=O)c2C)CC1. The summed E-state index contributed by atoms with van der Waals surface area (Å²) in [6.07, 6.45) is 4.75. The smallest absolute Gasteiger partial charge is 0.255 e. The summed E-state index contributed by atoms with van der Waals surface area (Å²) in [7, 11) is 0. The van der Waals surface area contributed by atoms with E-state index in [0.717, 1.165) is 43.6 Å². The number of ketones is 1. The van der Waals surface area contributed by atoms with Crippen molar-refractivity contribution < 1.29 is 9.59 Å². The lowest BCUT2D eigenvalue weighted by Gasteiger charge is -2.32. The van der Waals surface area contributed by atoms with Crippen LogP contribution in [0.3, 0.4) is 0 Å². The van der Waals surface area contributed by atoms with Gasteiger partial charge in [0.05, 0.1) is 17.5 Å². The molecule has 0 radical (unpaired) electrons. The van der Waals surface area contributed by atoms with E-state index in [2.05, 4.69) is 22.1 Å². The lowest BCUT2D eigenvalue weighted by Crippen LogP contribution is -2.38. The van der Waals surface area contributed by atoms with Gasteiger partial charge in [0, 0.05) is 37.3 Å². The van der Waals surface area contributed by atoms with Crippen molar-refractivity contribution in [3.63, 3.8) is 0 Å². The van der Waals surface area contributed by atoms with Crippen LogP contribution in [0.1, 0.15) is 76.0 Å². The maximum absolute atomic E-state index is 13.0. The van der Waals surface area contributed by atoms with E-state index in [-0.39, 0.29) is 11.7 Å². The third-order valence-corrected chi connectivity index (χ3v) is 5.33. The molecule has 6 heteroatoms. The summed E-state index contributed by atoms with van der Waals surface area (Å²) in [5, 5.41) is 7.31. The topological polar surface area (TPSA) is 81.8 Å². The summed E-state index contributed by atoms with van der Waals surface area (Å²) in [4.78, 5) is 29.6. The molecule has 2 aromatic rings. The molecule has 1 aliphatic heterocycles. The molecule has 1 fully saturated rings. The molecule has 6 nitrogen and oxygen atoms in total. The van der Waals surface area contributed by atoms with E-state index in [1.807, 2.05) is 24.9 Å². The molecule has 1 aliphatic rings. The first-order valence-electron chi connectivity index (χ1n) is 8.95. The summed E-state index contributed by atoms with van der Waals surface area (Å²) < 4.78 is 0. The van der Waals surface area contributed by atoms with Crippen molar-refractivity contribution in [3.05, 3.63) is 40.0 Å². The molecule has 0 atom stereocenters. The van der Waals surface area contributed by atoms with E-state index in [4.69, 9.17) is 0 Å². The first-order chi connectivity index (χ1) is 11.9. The largest absolute Gasteiger partial charge is 0.355 e. The predicted molar refractivity (Wildman–Crippen MR) is 96.1 cm³/mol. The first kappa shape index (κ1) is 17.5. The number of aromatic nitrogens is 3. The van der Waals surface area contributed by atoms with Gasteiger partial charge in [-0.25, -0.2) is 0 Å². The number of carbonyl (C=O) groups is 2. The number of aromatic amines is 2. The van der Waals surface area contributed by atoms with Crippen molar-refractivity contribution in [3.8, 4) is 0 Å². The number of amides is 1. The summed E-state index contributed by atoms with van der Waals surface area (Å²) in [6.45, 7) is 8.82. The quantitative estimate of drug-likeness (QED) is 0.838. The Labute approximate surface area is 148 Å². The lowest BCUT2D eigenvalue weighted by molar-refractivity contribution is 0.0710. The van der Waals surface area contributed by atoms with Crippen LogP contribution in [0.2, 0.25) is 0 Å². The van der Waals surface area contributed by atoms with Crippen molar-refractivity contribution in [1.29, 1.82) is 0 Å². The lowest BCUT2D eigenvalue weighted by atomic mass is 9.90. The fraction of sp³-hybridized carbons (Fsp3) is 0.526. The van der Waals surface area contributed by atoms with E-state index >= 15 is 0 Å².